The minimum atomic E-state index is -3.78. The Balaban J connectivity index is 1.85. The zero-order chi connectivity index (χ0) is 21.0. The summed E-state index contributed by atoms with van der Waals surface area (Å²) in [5, 5.41) is 11.3. The summed E-state index contributed by atoms with van der Waals surface area (Å²) in [6.07, 6.45) is 1.42. The Kier molecular flexibility index (Phi) is 6.43. The average molecular weight is 439 g/mol. The highest BCUT2D eigenvalue weighted by molar-refractivity contribution is 7.94. The van der Waals surface area contributed by atoms with Crippen LogP contribution >= 0.6 is 11.3 Å². The molecular formula is C19H22N2O6S2. The van der Waals surface area contributed by atoms with Gasteiger partial charge in [-0.05, 0) is 49.4 Å². The van der Waals surface area contributed by atoms with Crippen molar-refractivity contribution < 1.29 is 27.9 Å². The number of sulfonamides is 1. The van der Waals surface area contributed by atoms with Gasteiger partial charge in [0.2, 0.25) is 0 Å². The number of carboxylic acids is 1. The third kappa shape index (κ3) is 4.88. The molecule has 3 rings (SSSR count). The van der Waals surface area contributed by atoms with Crippen LogP contribution in [0.25, 0.3) is 0 Å². The topological polar surface area (TPSA) is 113 Å². The van der Waals surface area contributed by atoms with Crippen molar-refractivity contribution in [1.82, 2.24) is 0 Å². The van der Waals surface area contributed by atoms with E-state index in [1.54, 1.807) is 24.4 Å². The van der Waals surface area contributed by atoms with Gasteiger partial charge >= 0.3 is 11.9 Å². The summed E-state index contributed by atoms with van der Waals surface area (Å²) in [5.74, 6) is -1.77. The molecule has 8 nitrogen and oxygen atoms in total. The summed E-state index contributed by atoms with van der Waals surface area (Å²) in [5.41, 5.74) is 0.588. The predicted octanol–water partition coefficient (Wildman–Crippen LogP) is 3.03. The molecule has 2 aromatic rings. The Morgan fingerprint density at radius 3 is 2.79 bits per heavy atom. The molecule has 29 heavy (non-hydrogen) atoms. The number of hydrogen-bond donors (Lipinski definition) is 2. The van der Waals surface area contributed by atoms with Crippen molar-refractivity contribution in [3.05, 3.63) is 41.3 Å². The first-order chi connectivity index (χ1) is 13.8. The molecule has 2 N–H and O–H groups in total. The van der Waals surface area contributed by atoms with Gasteiger partial charge in [-0.3, -0.25) is 9.52 Å². The Morgan fingerprint density at radius 2 is 2.14 bits per heavy atom. The standard InChI is InChI=1S/C19H22N2O6S2/c1-2-27-19(24)13-5-3-9-21(12-13)16-8-7-14(11-15(16)18(22)23)20-29(25,26)17-6-4-10-28-17/h4,6-8,10-11,13,20H,2-3,5,9,12H2,1H3,(H,22,23)/t13-/m0/s1. The minimum Gasteiger partial charge on any atom is -0.478 e. The van der Waals surface area contributed by atoms with Crippen molar-refractivity contribution in [2.24, 2.45) is 5.92 Å². The second-order valence-electron chi connectivity index (χ2n) is 6.61. The molecule has 1 fully saturated rings. The van der Waals surface area contributed by atoms with Gasteiger partial charge in [-0.1, -0.05) is 6.07 Å². The molecule has 156 valence electrons. The van der Waals surface area contributed by atoms with E-state index < -0.39 is 16.0 Å². The zero-order valence-electron chi connectivity index (χ0n) is 15.8. The molecule has 0 bridgehead atoms. The molecular weight excluding hydrogens is 416 g/mol. The lowest BCUT2D eigenvalue weighted by Gasteiger charge is -2.34. The van der Waals surface area contributed by atoms with E-state index in [0.29, 0.717) is 31.8 Å². The van der Waals surface area contributed by atoms with Crippen LogP contribution in [-0.2, 0) is 19.6 Å². The molecule has 1 aliphatic heterocycles. The molecule has 10 heteroatoms. The molecule has 0 spiro atoms. The van der Waals surface area contributed by atoms with E-state index >= 15 is 0 Å². The van der Waals surface area contributed by atoms with Crippen LogP contribution in [0.5, 0.6) is 0 Å². The van der Waals surface area contributed by atoms with E-state index in [2.05, 4.69) is 4.72 Å². The summed E-state index contributed by atoms with van der Waals surface area (Å²) in [7, 11) is -3.78. The maximum atomic E-state index is 12.4. The number of hydrogen-bond acceptors (Lipinski definition) is 7. The van der Waals surface area contributed by atoms with Crippen molar-refractivity contribution in [1.29, 1.82) is 0 Å². The molecule has 0 radical (unpaired) electrons. The van der Waals surface area contributed by atoms with Gasteiger partial charge in [0.15, 0.2) is 0 Å². The van der Waals surface area contributed by atoms with Gasteiger partial charge in [0, 0.05) is 18.8 Å². The Labute approximate surface area is 173 Å². The van der Waals surface area contributed by atoms with Gasteiger partial charge in [0.1, 0.15) is 4.21 Å². The van der Waals surface area contributed by atoms with Crippen LogP contribution in [0, 0.1) is 5.92 Å². The second-order valence-corrected chi connectivity index (χ2v) is 9.47. The van der Waals surface area contributed by atoms with Gasteiger partial charge in [-0.2, -0.15) is 0 Å². The fourth-order valence-corrected chi connectivity index (χ4v) is 5.36. The number of esters is 1. The predicted molar refractivity (Wildman–Crippen MR) is 110 cm³/mol. The summed E-state index contributed by atoms with van der Waals surface area (Å²) >= 11 is 1.07. The molecule has 0 saturated carbocycles. The van der Waals surface area contributed by atoms with E-state index in [-0.39, 0.29) is 27.3 Å². The van der Waals surface area contributed by atoms with Crippen molar-refractivity contribution in [3.63, 3.8) is 0 Å². The Morgan fingerprint density at radius 1 is 1.34 bits per heavy atom. The van der Waals surface area contributed by atoms with Crippen LogP contribution in [0.1, 0.15) is 30.1 Å². The van der Waals surface area contributed by atoms with Crippen LogP contribution in [0.2, 0.25) is 0 Å². The number of benzene rings is 1. The second kappa shape index (κ2) is 8.83. The van der Waals surface area contributed by atoms with Crippen molar-refractivity contribution in [3.8, 4) is 0 Å². The number of piperidine rings is 1. The number of carbonyl (C=O) groups is 2. The normalized spacial score (nSPS) is 17.0. The van der Waals surface area contributed by atoms with E-state index in [4.69, 9.17) is 4.74 Å². The maximum absolute atomic E-state index is 12.4. The van der Waals surface area contributed by atoms with Crippen molar-refractivity contribution in [2.75, 3.05) is 29.3 Å². The third-order valence-electron chi connectivity index (χ3n) is 4.62. The van der Waals surface area contributed by atoms with Gasteiger partial charge < -0.3 is 14.7 Å². The SMILES string of the molecule is CCOC(=O)[C@H]1CCCN(c2ccc(NS(=O)(=O)c3cccs3)cc2C(=O)O)C1. The molecule has 1 aliphatic rings. The van der Waals surface area contributed by atoms with Crippen LogP contribution in [0.4, 0.5) is 11.4 Å². The number of carbonyl (C=O) groups excluding carboxylic acids is 1. The minimum absolute atomic E-state index is 0.0270. The molecule has 1 atom stereocenters. The fraction of sp³-hybridized carbons (Fsp3) is 0.368. The first kappa shape index (κ1) is 21.1. The lowest BCUT2D eigenvalue weighted by Crippen LogP contribution is -2.40. The van der Waals surface area contributed by atoms with E-state index in [0.717, 1.165) is 17.8 Å². The van der Waals surface area contributed by atoms with Gasteiger partial charge in [-0.25, -0.2) is 13.2 Å². The van der Waals surface area contributed by atoms with Crippen LogP contribution in [-0.4, -0.2) is 45.2 Å². The molecule has 0 amide bonds. The van der Waals surface area contributed by atoms with Crippen LogP contribution in [0.15, 0.2) is 39.9 Å². The first-order valence-electron chi connectivity index (χ1n) is 9.17. The first-order valence-corrected chi connectivity index (χ1v) is 11.5. The van der Waals surface area contributed by atoms with Crippen LogP contribution < -0.4 is 9.62 Å². The molecule has 1 saturated heterocycles. The van der Waals surface area contributed by atoms with Gasteiger partial charge in [0.25, 0.3) is 10.0 Å². The van der Waals surface area contributed by atoms with E-state index in [9.17, 15) is 23.1 Å². The Hall–Kier alpha value is -2.59. The highest BCUT2D eigenvalue weighted by Crippen LogP contribution is 2.30. The zero-order valence-corrected chi connectivity index (χ0v) is 17.5. The highest BCUT2D eigenvalue weighted by Gasteiger charge is 2.29. The fourth-order valence-electron chi connectivity index (χ4n) is 3.32. The average Bonchev–Trinajstić information content (AvgIpc) is 3.24. The van der Waals surface area contributed by atoms with E-state index in [1.165, 1.54) is 18.2 Å². The lowest BCUT2D eigenvalue weighted by atomic mass is 9.97. The largest absolute Gasteiger partial charge is 0.478 e. The maximum Gasteiger partial charge on any atom is 0.337 e. The lowest BCUT2D eigenvalue weighted by molar-refractivity contribution is -0.148. The molecule has 2 heterocycles. The van der Waals surface area contributed by atoms with Crippen molar-refractivity contribution in [2.45, 2.75) is 24.0 Å². The number of rotatable bonds is 7. The molecule has 1 aromatic heterocycles. The van der Waals surface area contributed by atoms with Gasteiger partial charge in [-0.15, -0.1) is 11.3 Å². The third-order valence-corrected chi connectivity index (χ3v) is 7.40. The number of nitrogens with zero attached hydrogens (tertiary/aromatic N) is 1. The summed E-state index contributed by atoms with van der Waals surface area (Å²) < 4.78 is 32.5. The quantitative estimate of drug-likeness (QED) is 0.639. The number of anilines is 2. The van der Waals surface area contributed by atoms with Crippen molar-refractivity contribution >= 4 is 44.7 Å². The highest BCUT2D eigenvalue weighted by atomic mass is 32.2. The summed E-state index contributed by atoms with van der Waals surface area (Å²) in [6.45, 7) is 3.02. The van der Waals surface area contributed by atoms with E-state index in [1.807, 2.05) is 4.90 Å². The number of aromatic carboxylic acids is 1. The van der Waals surface area contributed by atoms with Crippen LogP contribution in [0.3, 0.4) is 0 Å². The number of ether oxygens (including phenoxy) is 1. The molecule has 1 aromatic carbocycles. The number of nitrogens with one attached hydrogen (secondary N) is 1. The molecule has 0 unspecified atom stereocenters. The summed E-state index contributed by atoms with van der Waals surface area (Å²) in [4.78, 5) is 25.8. The monoisotopic (exact) mass is 438 g/mol. The molecule has 0 aliphatic carbocycles. The summed E-state index contributed by atoms with van der Waals surface area (Å²) in [6, 6.07) is 7.50. The number of carboxylic acid groups (broad SMARTS) is 1. The number of thiophene rings is 1. The Bertz CT molecular complexity index is 988. The van der Waals surface area contributed by atoms with Gasteiger partial charge in [0.05, 0.1) is 23.8 Å². The smallest absolute Gasteiger partial charge is 0.337 e.